The lowest BCUT2D eigenvalue weighted by Crippen LogP contribution is -2.38. The van der Waals surface area contributed by atoms with Gasteiger partial charge in [-0.05, 0) is 57.9 Å². The molecule has 2 aliphatic heterocycles. The van der Waals surface area contributed by atoms with E-state index >= 15 is 0 Å². The number of allylic oxidation sites excluding steroid dienone is 7. The summed E-state index contributed by atoms with van der Waals surface area (Å²) in [4.78, 5) is 11.3. The lowest BCUT2D eigenvalue weighted by Gasteiger charge is -2.34. The Kier molecular flexibility index (Phi) is 10.9. The van der Waals surface area contributed by atoms with Crippen LogP contribution in [-0.2, 0) is 14.3 Å². The molecule has 0 radical (unpaired) electrons. The zero-order valence-corrected chi connectivity index (χ0v) is 20.2. The number of carbonyl (C=O) groups is 1. The Morgan fingerprint density at radius 2 is 2.06 bits per heavy atom. The second-order valence-electron chi connectivity index (χ2n) is 9.17. The fourth-order valence-electron chi connectivity index (χ4n) is 4.18. The summed E-state index contributed by atoms with van der Waals surface area (Å²) in [6, 6.07) is 0. The molecule has 0 aromatic carbocycles. The van der Waals surface area contributed by atoms with Crippen LogP contribution >= 0.6 is 0 Å². The van der Waals surface area contributed by atoms with E-state index in [1.54, 1.807) is 0 Å². The molecule has 0 aliphatic carbocycles. The van der Waals surface area contributed by atoms with Crippen molar-refractivity contribution in [2.45, 2.75) is 84.7 Å². The summed E-state index contributed by atoms with van der Waals surface area (Å²) in [6.07, 6.45) is 22.3. The van der Waals surface area contributed by atoms with Gasteiger partial charge in [-0.2, -0.15) is 0 Å². The van der Waals surface area contributed by atoms with E-state index < -0.39 is 6.10 Å². The molecule has 4 nitrogen and oxygen atoms in total. The van der Waals surface area contributed by atoms with Gasteiger partial charge in [-0.25, -0.2) is 4.79 Å². The molecule has 0 saturated carbocycles. The van der Waals surface area contributed by atoms with E-state index in [2.05, 4.69) is 45.9 Å². The molecule has 176 valence electrons. The molecular formula is C28H40O4. The van der Waals surface area contributed by atoms with E-state index in [0.29, 0.717) is 11.8 Å². The number of hydrogen-bond acceptors (Lipinski definition) is 4. The Morgan fingerprint density at radius 1 is 1.28 bits per heavy atom. The minimum absolute atomic E-state index is 0.0885. The number of esters is 1. The molecule has 3 unspecified atom stereocenters. The number of aliphatic hydroxyl groups excluding tert-OH is 1. The molecule has 1 fully saturated rings. The van der Waals surface area contributed by atoms with Gasteiger partial charge in [0.05, 0.1) is 18.3 Å². The quantitative estimate of drug-likeness (QED) is 0.271. The summed E-state index contributed by atoms with van der Waals surface area (Å²) < 4.78 is 11.3. The summed E-state index contributed by atoms with van der Waals surface area (Å²) in [5.74, 6) is 0.595. The maximum absolute atomic E-state index is 11.3. The van der Waals surface area contributed by atoms with Crippen LogP contribution in [0.15, 0.2) is 71.9 Å². The van der Waals surface area contributed by atoms with Crippen molar-refractivity contribution in [3.05, 3.63) is 71.9 Å². The van der Waals surface area contributed by atoms with Crippen molar-refractivity contribution in [1.82, 2.24) is 0 Å². The van der Waals surface area contributed by atoms with Crippen molar-refractivity contribution in [1.29, 1.82) is 0 Å². The Balaban J connectivity index is 1.81. The minimum Gasteiger partial charge on any atom is -0.455 e. The van der Waals surface area contributed by atoms with E-state index in [9.17, 15) is 9.90 Å². The van der Waals surface area contributed by atoms with E-state index in [-0.39, 0.29) is 24.3 Å². The standard InChI is InChI=1S/C28H40O4/c1-6-9-26-23(5)15-17-27(32-26)25(29)12-7-10-20(2)18-22(4)19-21(3)14-16-24-11-8-13-28(30)31-24/h6-10,12-14,16,19,22-27,29H,11,15,17-18H2,1-5H3/b9-6+,12-7+,16-14+,20-10+,21-19-/t22-,23+,24?,25-,26?,27?/m1/s1. The van der Waals surface area contributed by atoms with E-state index in [0.717, 1.165) is 31.3 Å². The highest BCUT2D eigenvalue weighted by atomic mass is 16.5. The third-order valence-electron chi connectivity index (χ3n) is 5.91. The Morgan fingerprint density at radius 3 is 2.78 bits per heavy atom. The summed E-state index contributed by atoms with van der Waals surface area (Å²) in [7, 11) is 0. The molecule has 0 aromatic rings. The van der Waals surface area contributed by atoms with Crippen molar-refractivity contribution in [3.8, 4) is 0 Å². The Hall–Kier alpha value is -2.17. The first-order valence-electron chi connectivity index (χ1n) is 11.8. The van der Waals surface area contributed by atoms with Gasteiger partial charge in [-0.3, -0.25) is 0 Å². The Labute approximate surface area is 194 Å². The molecule has 0 aromatic heterocycles. The van der Waals surface area contributed by atoms with Crippen molar-refractivity contribution >= 4 is 5.97 Å². The average Bonchev–Trinajstić information content (AvgIpc) is 2.73. The maximum atomic E-state index is 11.3. The van der Waals surface area contributed by atoms with Gasteiger partial charge < -0.3 is 14.6 Å². The van der Waals surface area contributed by atoms with Crippen molar-refractivity contribution in [2.24, 2.45) is 11.8 Å². The van der Waals surface area contributed by atoms with Crippen LogP contribution in [0.3, 0.4) is 0 Å². The molecule has 0 spiro atoms. The third-order valence-corrected chi connectivity index (χ3v) is 5.91. The number of ether oxygens (including phenoxy) is 2. The SMILES string of the molecule is C/C=C/C1OC([C@H](O)/C=C/C=C(\C)C[C@@H](C)/C=C(C)\C=C\C2CC=CC(=O)O2)CC[C@@H]1C. The van der Waals surface area contributed by atoms with Crippen LogP contribution in [0.25, 0.3) is 0 Å². The van der Waals surface area contributed by atoms with Gasteiger partial charge in [0.1, 0.15) is 6.10 Å². The van der Waals surface area contributed by atoms with Gasteiger partial charge in [-0.1, -0.05) is 73.6 Å². The van der Waals surface area contributed by atoms with Crippen LogP contribution in [0.4, 0.5) is 0 Å². The summed E-state index contributed by atoms with van der Waals surface area (Å²) in [5.41, 5.74) is 2.41. The van der Waals surface area contributed by atoms with Crippen LogP contribution in [0, 0.1) is 11.8 Å². The fraction of sp³-hybridized carbons (Fsp3) is 0.536. The lowest BCUT2D eigenvalue weighted by atomic mass is 9.91. The highest BCUT2D eigenvalue weighted by Crippen LogP contribution is 2.27. The highest BCUT2D eigenvalue weighted by Gasteiger charge is 2.29. The lowest BCUT2D eigenvalue weighted by molar-refractivity contribution is -0.141. The molecule has 2 aliphatic rings. The molecule has 1 saturated heterocycles. The molecule has 2 rings (SSSR count). The first-order chi connectivity index (χ1) is 15.3. The molecule has 4 heteroatoms. The predicted molar refractivity (Wildman–Crippen MR) is 131 cm³/mol. The summed E-state index contributed by atoms with van der Waals surface area (Å²) in [6.45, 7) is 10.6. The van der Waals surface area contributed by atoms with Crippen LogP contribution in [0.2, 0.25) is 0 Å². The monoisotopic (exact) mass is 440 g/mol. The molecule has 6 atom stereocenters. The average molecular weight is 441 g/mol. The zero-order chi connectivity index (χ0) is 23.5. The normalized spacial score (nSPS) is 29.8. The molecule has 1 N–H and O–H groups in total. The third kappa shape index (κ3) is 9.13. The van der Waals surface area contributed by atoms with Gasteiger partial charge in [0.15, 0.2) is 0 Å². The predicted octanol–water partition coefficient (Wildman–Crippen LogP) is 6.01. The molecule has 0 amide bonds. The number of hydrogen-bond donors (Lipinski definition) is 1. The van der Waals surface area contributed by atoms with E-state index in [4.69, 9.17) is 9.47 Å². The molecule has 2 heterocycles. The van der Waals surface area contributed by atoms with Crippen LogP contribution in [0.1, 0.15) is 60.3 Å². The maximum Gasteiger partial charge on any atom is 0.331 e. The van der Waals surface area contributed by atoms with Crippen molar-refractivity contribution in [3.63, 3.8) is 0 Å². The second-order valence-corrected chi connectivity index (χ2v) is 9.17. The molecular weight excluding hydrogens is 400 g/mol. The smallest absolute Gasteiger partial charge is 0.331 e. The topological polar surface area (TPSA) is 55.8 Å². The van der Waals surface area contributed by atoms with Gasteiger partial charge in [0, 0.05) is 12.5 Å². The van der Waals surface area contributed by atoms with Gasteiger partial charge in [-0.15, -0.1) is 0 Å². The van der Waals surface area contributed by atoms with Crippen LogP contribution in [-0.4, -0.2) is 35.5 Å². The van der Waals surface area contributed by atoms with Gasteiger partial charge >= 0.3 is 5.97 Å². The van der Waals surface area contributed by atoms with Gasteiger partial charge in [0.2, 0.25) is 0 Å². The number of cyclic esters (lactones) is 1. The van der Waals surface area contributed by atoms with Crippen LogP contribution in [0.5, 0.6) is 0 Å². The molecule has 32 heavy (non-hydrogen) atoms. The van der Waals surface area contributed by atoms with Crippen LogP contribution < -0.4 is 0 Å². The summed E-state index contributed by atoms with van der Waals surface area (Å²) >= 11 is 0. The second kappa shape index (κ2) is 13.4. The van der Waals surface area contributed by atoms with Crippen molar-refractivity contribution < 1.29 is 19.4 Å². The van der Waals surface area contributed by atoms with E-state index in [1.807, 2.05) is 43.4 Å². The van der Waals surface area contributed by atoms with Crippen molar-refractivity contribution in [2.75, 3.05) is 0 Å². The fourth-order valence-corrected chi connectivity index (χ4v) is 4.18. The highest BCUT2D eigenvalue weighted by molar-refractivity contribution is 5.82. The zero-order valence-electron chi connectivity index (χ0n) is 20.2. The van der Waals surface area contributed by atoms with Gasteiger partial charge in [0.25, 0.3) is 0 Å². The number of carbonyl (C=O) groups excluding carboxylic acids is 1. The largest absolute Gasteiger partial charge is 0.455 e. The molecule has 0 bridgehead atoms. The van der Waals surface area contributed by atoms with E-state index in [1.165, 1.54) is 11.6 Å². The first kappa shape index (κ1) is 26.1. The number of aliphatic hydroxyl groups is 1. The summed E-state index contributed by atoms with van der Waals surface area (Å²) in [5, 5.41) is 10.5. The number of rotatable bonds is 9. The first-order valence-corrected chi connectivity index (χ1v) is 11.8. The Bertz CT molecular complexity index is 783. The minimum atomic E-state index is -0.590.